The number of carbonyl (C=O) groups is 2. The first-order chi connectivity index (χ1) is 13.1. The van der Waals surface area contributed by atoms with E-state index < -0.39 is 6.04 Å². The molecule has 27 heavy (non-hydrogen) atoms. The molecule has 3 aliphatic rings. The summed E-state index contributed by atoms with van der Waals surface area (Å²) in [6.45, 7) is 0. The number of nitrogens with two attached hydrogens (primary N) is 1. The van der Waals surface area contributed by atoms with Gasteiger partial charge in [-0.15, -0.1) is 0 Å². The number of carbonyl (C=O) groups excluding carboxylic acids is 2. The number of amides is 1. The van der Waals surface area contributed by atoms with Crippen LogP contribution in [-0.2, 0) is 16.0 Å². The van der Waals surface area contributed by atoms with Crippen LogP contribution >= 0.6 is 0 Å². The van der Waals surface area contributed by atoms with E-state index >= 15 is 0 Å². The van der Waals surface area contributed by atoms with Gasteiger partial charge >= 0.3 is 0 Å². The molecule has 1 aromatic carbocycles. The minimum atomic E-state index is -0.548. The number of benzene rings is 1. The molecule has 5 heteroatoms. The minimum Gasteiger partial charge on any atom is -0.352 e. The first kappa shape index (κ1) is 18.6. The Morgan fingerprint density at radius 1 is 1.07 bits per heavy atom. The molecule has 0 spiro atoms. The Hall–Kier alpha value is -1.72. The van der Waals surface area contributed by atoms with E-state index in [1.807, 2.05) is 30.3 Å². The molecule has 0 aromatic heterocycles. The van der Waals surface area contributed by atoms with Crippen molar-refractivity contribution in [2.75, 3.05) is 0 Å². The van der Waals surface area contributed by atoms with Gasteiger partial charge in [-0.2, -0.15) is 0 Å². The maximum Gasteiger partial charge on any atom is 0.237 e. The van der Waals surface area contributed by atoms with Gasteiger partial charge in [-0.25, -0.2) is 0 Å². The van der Waals surface area contributed by atoms with Crippen molar-refractivity contribution >= 4 is 11.7 Å². The van der Waals surface area contributed by atoms with Crippen molar-refractivity contribution in [3.8, 4) is 0 Å². The van der Waals surface area contributed by atoms with E-state index in [2.05, 4.69) is 10.6 Å². The zero-order chi connectivity index (χ0) is 18.8. The van der Waals surface area contributed by atoms with Gasteiger partial charge in [0.1, 0.15) is 5.78 Å². The van der Waals surface area contributed by atoms with Gasteiger partial charge in [-0.1, -0.05) is 43.2 Å². The van der Waals surface area contributed by atoms with Crippen LogP contribution in [0.15, 0.2) is 30.3 Å². The SMILES string of the molecule is N[C@@H](Cc1ccccc1)C(=O)NC1CCC2NC3CCCCC3C(=O)C2C1. The summed E-state index contributed by atoms with van der Waals surface area (Å²) in [7, 11) is 0. The molecule has 5 nitrogen and oxygen atoms in total. The van der Waals surface area contributed by atoms with Crippen LogP contribution in [0, 0.1) is 11.8 Å². The molecule has 2 aliphatic carbocycles. The predicted octanol–water partition coefficient (Wildman–Crippen LogP) is 1.94. The monoisotopic (exact) mass is 369 g/mol. The van der Waals surface area contributed by atoms with Crippen LogP contribution in [0.4, 0.5) is 0 Å². The van der Waals surface area contributed by atoms with Crippen LogP contribution in [0.2, 0.25) is 0 Å². The van der Waals surface area contributed by atoms with Crippen LogP contribution in [0.3, 0.4) is 0 Å². The fourth-order valence-electron chi connectivity index (χ4n) is 5.31. The predicted molar refractivity (Wildman–Crippen MR) is 105 cm³/mol. The largest absolute Gasteiger partial charge is 0.352 e. The van der Waals surface area contributed by atoms with E-state index in [0.717, 1.165) is 37.7 Å². The lowest BCUT2D eigenvalue weighted by Gasteiger charge is -2.47. The molecule has 0 bridgehead atoms. The minimum absolute atomic E-state index is 0.0498. The first-order valence-corrected chi connectivity index (χ1v) is 10.5. The van der Waals surface area contributed by atoms with Crippen molar-refractivity contribution < 1.29 is 9.59 Å². The molecule has 2 saturated carbocycles. The Kier molecular flexibility index (Phi) is 5.60. The first-order valence-electron chi connectivity index (χ1n) is 10.5. The van der Waals surface area contributed by atoms with Crippen LogP contribution in [0.25, 0.3) is 0 Å². The van der Waals surface area contributed by atoms with Gasteiger partial charge in [0, 0.05) is 30.0 Å². The number of Topliss-reactive ketones (excluding diaryl/α,β-unsaturated/α-hetero) is 1. The van der Waals surface area contributed by atoms with Crippen molar-refractivity contribution in [2.45, 2.75) is 75.5 Å². The van der Waals surface area contributed by atoms with Crippen LogP contribution < -0.4 is 16.4 Å². The molecule has 1 aromatic rings. The molecule has 1 heterocycles. The van der Waals surface area contributed by atoms with Gasteiger partial charge in [-0.05, 0) is 44.1 Å². The summed E-state index contributed by atoms with van der Waals surface area (Å²) in [4.78, 5) is 25.6. The van der Waals surface area contributed by atoms with Crippen molar-refractivity contribution in [1.29, 1.82) is 0 Å². The van der Waals surface area contributed by atoms with E-state index in [1.165, 1.54) is 12.8 Å². The third-order valence-corrected chi connectivity index (χ3v) is 6.76. The summed E-state index contributed by atoms with van der Waals surface area (Å²) in [6.07, 6.45) is 7.73. The van der Waals surface area contributed by atoms with Crippen LogP contribution in [0.5, 0.6) is 0 Å². The highest BCUT2D eigenvalue weighted by Gasteiger charge is 2.46. The molecule has 3 fully saturated rings. The Labute approximate surface area is 161 Å². The number of hydrogen-bond donors (Lipinski definition) is 3. The summed E-state index contributed by atoms with van der Waals surface area (Å²) in [5.41, 5.74) is 7.19. The lowest BCUT2D eigenvalue weighted by atomic mass is 9.67. The summed E-state index contributed by atoms with van der Waals surface area (Å²) in [6, 6.07) is 10.1. The van der Waals surface area contributed by atoms with Gasteiger partial charge in [0.15, 0.2) is 0 Å². The van der Waals surface area contributed by atoms with Crippen molar-refractivity contribution in [2.24, 2.45) is 17.6 Å². The normalized spacial score (nSPS) is 34.3. The highest BCUT2D eigenvalue weighted by molar-refractivity contribution is 5.86. The van der Waals surface area contributed by atoms with E-state index in [-0.39, 0.29) is 23.8 Å². The number of ketones is 1. The van der Waals surface area contributed by atoms with E-state index in [1.54, 1.807) is 0 Å². The number of fused-ring (bicyclic) bond motifs is 2. The summed E-state index contributed by atoms with van der Waals surface area (Å²) < 4.78 is 0. The van der Waals surface area contributed by atoms with Crippen LogP contribution in [0.1, 0.15) is 50.5 Å². The average Bonchev–Trinajstić information content (AvgIpc) is 2.69. The summed E-state index contributed by atoms with van der Waals surface area (Å²) in [5.74, 6) is 0.577. The van der Waals surface area contributed by atoms with E-state index in [9.17, 15) is 9.59 Å². The summed E-state index contributed by atoms with van der Waals surface area (Å²) >= 11 is 0. The zero-order valence-electron chi connectivity index (χ0n) is 15.9. The third kappa shape index (κ3) is 4.09. The number of hydrogen-bond acceptors (Lipinski definition) is 4. The second-order valence-corrected chi connectivity index (χ2v) is 8.59. The molecule has 1 amide bonds. The Balaban J connectivity index is 1.33. The van der Waals surface area contributed by atoms with Crippen LogP contribution in [-0.4, -0.2) is 35.9 Å². The smallest absolute Gasteiger partial charge is 0.237 e. The summed E-state index contributed by atoms with van der Waals surface area (Å²) in [5, 5.41) is 6.88. The van der Waals surface area contributed by atoms with E-state index in [4.69, 9.17) is 5.73 Å². The number of piperidine rings is 1. The molecule has 1 aliphatic heterocycles. The highest BCUT2D eigenvalue weighted by Crippen LogP contribution is 2.38. The standard InChI is InChI=1S/C22H31N3O2/c23-18(12-14-6-2-1-3-7-14)22(27)24-15-10-11-20-17(13-15)21(26)16-8-4-5-9-19(16)25-20/h1-3,6-7,15-20,25H,4-5,8-13,23H2,(H,24,27)/t15?,16?,17?,18-,19?,20?/m0/s1. The molecule has 1 saturated heterocycles. The van der Waals surface area contributed by atoms with Gasteiger partial charge in [-0.3, -0.25) is 9.59 Å². The molecule has 146 valence electrons. The van der Waals surface area contributed by atoms with Crippen molar-refractivity contribution in [3.63, 3.8) is 0 Å². The molecular formula is C22H31N3O2. The lowest BCUT2D eigenvalue weighted by molar-refractivity contribution is -0.135. The molecule has 5 unspecified atom stereocenters. The highest BCUT2D eigenvalue weighted by atomic mass is 16.2. The second kappa shape index (κ2) is 8.11. The Bertz CT molecular complexity index is 677. The molecule has 0 radical (unpaired) electrons. The van der Waals surface area contributed by atoms with Crippen molar-refractivity contribution in [3.05, 3.63) is 35.9 Å². The molecule has 4 rings (SSSR count). The average molecular weight is 370 g/mol. The topological polar surface area (TPSA) is 84.2 Å². The Morgan fingerprint density at radius 3 is 2.63 bits per heavy atom. The molecule has 4 N–H and O–H groups in total. The van der Waals surface area contributed by atoms with Crippen molar-refractivity contribution in [1.82, 2.24) is 10.6 Å². The molecule has 6 atom stereocenters. The maximum absolute atomic E-state index is 13.0. The fraction of sp³-hybridized carbons (Fsp3) is 0.636. The number of rotatable bonds is 4. The van der Waals surface area contributed by atoms with Gasteiger partial charge in [0.05, 0.1) is 6.04 Å². The van der Waals surface area contributed by atoms with Gasteiger partial charge in [0.2, 0.25) is 5.91 Å². The van der Waals surface area contributed by atoms with Gasteiger partial charge < -0.3 is 16.4 Å². The van der Waals surface area contributed by atoms with Gasteiger partial charge in [0.25, 0.3) is 0 Å². The third-order valence-electron chi connectivity index (χ3n) is 6.76. The fourth-order valence-corrected chi connectivity index (χ4v) is 5.31. The molecular weight excluding hydrogens is 338 g/mol. The zero-order valence-corrected chi connectivity index (χ0v) is 15.9. The number of nitrogens with one attached hydrogen (secondary N) is 2. The Morgan fingerprint density at radius 2 is 1.81 bits per heavy atom. The second-order valence-electron chi connectivity index (χ2n) is 8.59. The lowest BCUT2D eigenvalue weighted by Crippen LogP contribution is -2.61. The van der Waals surface area contributed by atoms with E-state index in [0.29, 0.717) is 24.3 Å². The quantitative estimate of drug-likeness (QED) is 0.757. The maximum atomic E-state index is 13.0.